The smallest absolute Gasteiger partial charge is 0.318 e. The second-order valence-electron chi connectivity index (χ2n) is 13.4. The molecule has 2 N–H and O–H groups in total. The normalized spacial score (nSPS) is 18.6. The number of aromatic nitrogens is 2. The Kier molecular flexibility index (Phi) is 17.2. The largest absolute Gasteiger partial charge is 0.462 e. The number of anilines is 2. The molecule has 1 aromatic heterocycles. The lowest BCUT2D eigenvalue weighted by Crippen LogP contribution is -2.48. The van der Waals surface area contributed by atoms with E-state index in [4.69, 9.17) is 17.0 Å². The minimum Gasteiger partial charge on any atom is -0.462 e. The van der Waals surface area contributed by atoms with Gasteiger partial charge in [-0.1, -0.05) is 43.8 Å². The van der Waals surface area contributed by atoms with Gasteiger partial charge in [0.15, 0.2) is 0 Å². The molecule has 1 amide bonds. The monoisotopic (exact) mass is 776 g/mol. The molecule has 3 aliphatic rings. The number of nitrogens with zero attached hydrogens (tertiary/aromatic N) is 7. The topological polar surface area (TPSA) is 95.4 Å². The van der Waals surface area contributed by atoms with Crippen molar-refractivity contribution in [2.75, 3.05) is 70.1 Å². The molecule has 2 aromatic carbocycles. The molecule has 10 nitrogen and oxygen atoms in total. The highest BCUT2D eigenvalue weighted by molar-refractivity contribution is 7.59. The number of aryl methyl sites for hydroxylation is 1. The van der Waals surface area contributed by atoms with E-state index < -0.39 is 12.1 Å². The predicted octanol–water partition coefficient (Wildman–Crippen LogP) is 6.02. The Morgan fingerprint density at radius 3 is 2.53 bits per heavy atom. The van der Waals surface area contributed by atoms with Crippen LogP contribution in [0.1, 0.15) is 44.5 Å². The van der Waals surface area contributed by atoms with Crippen LogP contribution in [0.25, 0.3) is 15.6 Å². The Bertz CT molecular complexity index is 1730. The van der Waals surface area contributed by atoms with Gasteiger partial charge >= 0.3 is 6.01 Å². The molecule has 3 aromatic rings. The second kappa shape index (κ2) is 20.1. The zero-order valence-electron chi connectivity index (χ0n) is 30.3. The van der Waals surface area contributed by atoms with Crippen LogP contribution in [0.2, 0.25) is 0 Å². The van der Waals surface area contributed by atoms with Gasteiger partial charge in [0, 0.05) is 67.9 Å². The van der Waals surface area contributed by atoms with Crippen LogP contribution >= 0.6 is 27.0 Å². The highest BCUT2D eigenvalue weighted by Gasteiger charge is 2.43. The molecule has 2 saturated heterocycles. The van der Waals surface area contributed by atoms with E-state index >= 15 is 0 Å². The van der Waals surface area contributed by atoms with Crippen molar-refractivity contribution < 1.29 is 22.7 Å². The summed E-state index contributed by atoms with van der Waals surface area (Å²) in [6.07, 6.45) is 3.09. The van der Waals surface area contributed by atoms with E-state index in [1.54, 1.807) is 22.9 Å². The number of benzene rings is 2. The average molecular weight is 777 g/mol. The van der Waals surface area contributed by atoms with Crippen LogP contribution in [0, 0.1) is 13.5 Å². The average Bonchev–Trinajstić information content (AvgIpc) is 3.33. The quantitative estimate of drug-likeness (QED) is 0.198. The minimum absolute atomic E-state index is 0. The Balaban J connectivity index is 0.000000401. The summed E-state index contributed by atoms with van der Waals surface area (Å²) in [5.41, 5.74) is 10.4. The van der Waals surface area contributed by atoms with Gasteiger partial charge in [0.1, 0.15) is 24.6 Å². The zero-order chi connectivity index (χ0) is 36.0. The van der Waals surface area contributed by atoms with Gasteiger partial charge in [0.25, 0.3) is 5.92 Å². The first kappa shape index (κ1) is 45.4. The number of hydrogen-bond donors (Lipinski definition) is 1. The zero-order valence-corrected chi connectivity index (χ0v) is 32.3. The van der Waals surface area contributed by atoms with Crippen LogP contribution in [0.4, 0.5) is 24.7 Å². The van der Waals surface area contributed by atoms with Crippen molar-refractivity contribution in [3.63, 3.8) is 0 Å². The molecule has 292 valence electrons. The van der Waals surface area contributed by atoms with E-state index in [0.29, 0.717) is 45.1 Å². The Labute approximate surface area is 326 Å². The third-order valence-corrected chi connectivity index (χ3v) is 9.60. The summed E-state index contributed by atoms with van der Waals surface area (Å²) in [7, 11) is 1.68. The molecule has 3 aliphatic heterocycles. The summed E-state index contributed by atoms with van der Waals surface area (Å²) in [5, 5.41) is 2.44. The number of likely N-dealkylation sites (tertiary alicyclic amines) is 2. The summed E-state index contributed by atoms with van der Waals surface area (Å²) >= 11 is 0. The van der Waals surface area contributed by atoms with Crippen LogP contribution in [0.5, 0.6) is 6.01 Å². The van der Waals surface area contributed by atoms with Crippen molar-refractivity contribution in [2.24, 2.45) is 0 Å². The van der Waals surface area contributed by atoms with Crippen molar-refractivity contribution >= 4 is 55.2 Å². The van der Waals surface area contributed by atoms with E-state index in [9.17, 15) is 18.0 Å². The first-order valence-corrected chi connectivity index (χ1v) is 17.1. The van der Waals surface area contributed by atoms with E-state index in [1.165, 1.54) is 28.1 Å². The number of nitrogens with two attached hydrogens (primary N) is 1. The fraction of sp³-hybridized carbons (Fsp3) is 0.526. The van der Waals surface area contributed by atoms with Crippen LogP contribution in [0.15, 0.2) is 48.6 Å². The van der Waals surface area contributed by atoms with Crippen LogP contribution < -0.4 is 15.4 Å². The third kappa shape index (κ3) is 11.4. The first-order chi connectivity index (χ1) is 23.9. The molecule has 0 saturated carbocycles. The Morgan fingerprint density at radius 2 is 1.91 bits per heavy atom. The third-order valence-electron chi connectivity index (χ3n) is 9.60. The molecule has 0 spiro atoms. The van der Waals surface area contributed by atoms with Gasteiger partial charge in [0.05, 0.1) is 18.8 Å². The lowest BCUT2D eigenvalue weighted by molar-refractivity contribution is -0.127. The number of amides is 1. The fourth-order valence-electron chi connectivity index (χ4n) is 6.86. The summed E-state index contributed by atoms with van der Waals surface area (Å²) in [4.78, 5) is 31.6. The molecule has 15 heteroatoms. The van der Waals surface area contributed by atoms with E-state index in [-0.39, 0.29) is 78.0 Å². The number of fused-ring (bicyclic) bond motifs is 2. The van der Waals surface area contributed by atoms with Gasteiger partial charge in [-0.25, -0.2) is 19.7 Å². The molecule has 0 radical (unpaired) electrons. The van der Waals surface area contributed by atoms with Gasteiger partial charge in [0.2, 0.25) is 12.5 Å². The number of nitrogen functional groups attached to an aromatic ring is 1. The summed E-state index contributed by atoms with van der Waals surface area (Å²) in [6.45, 7) is 16.4. The van der Waals surface area contributed by atoms with Gasteiger partial charge in [-0.3, -0.25) is 14.6 Å². The van der Waals surface area contributed by atoms with E-state index in [0.717, 1.165) is 24.2 Å². The van der Waals surface area contributed by atoms with Gasteiger partial charge < -0.3 is 25.1 Å². The summed E-state index contributed by atoms with van der Waals surface area (Å²) in [6, 6.07) is 12.4. The number of hydrogen-bond acceptors (Lipinski definition) is 8. The number of halogens is 3. The maximum atomic E-state index is 13.6. The summed E-state index contributed by atoms with van der Waals surface area (Å²) in [5.74, 6) is -2.36. The lowest BCUT2D eigenvalue weighted by Gasteiger charge is -2.33. The van der Waals surface area contributed by atoms with Crippen molar-refractivity contribution in [1.29, 1.82) is 0 Å². The molecule has 53 heavy (non-hydrogen) atoms. The molecule has 0 bridgehead atoms. The van der Waals surface area contributed by atoms with Crippen LogP contribution in [0.3, 0.4) is 0 Å². The standard InChI is InChI=1S/C24H27F2N5O.C13H20FN3O.CH4.2H2S/c1-15-5-3-6-16-7-4-8-20(21(15)16)31-10-9-18-19(12-31)28-23(29-22(18)27)32-13-17-11-24(25,26)14-30(17)2;1-4-17(11(2)8-15-3)13(18)6-5-7-16-9-12(14)10-16;;;/h3-8,17H,9-14H2,1-2H3,(H2,27,28,29);5-6,11-12H,4,7-10H2,1-2H3;1H4;2*1H2/b;6-5+;;;/t17-;11-;;;/m01.../s1. The highest BCUT2D eigenvalue weighted by atomic mass is 32.1. The molecular formula is C38H55F3N8O2S2. The number of rotatable bonds is 10. The molecule has 2 atom stereocenters. The fourth-order valence-corrected chi connectivity index (χ4v) is 6.86. The van der Waals surface area contributed by atoms with Crippen molar-refractivity contribution in [3.05, 3.63) is 76.8 Å². The molecule has 2 fully saturated rings. The minimum atomic E-state index is -2.68. The van der Waals surface area contributed by atoms with Crippen LogP contribution in [-0.4, -0.2) is 114 Å². The van der Waals surface area contributed by atoms with Crippen molar-refractivity contribution in [1.82, 2.24) is 24.7 Å². The Hall–Kier alpha value is -3.71. The number of ether oxygens (including phenoxy) is 1. The predicted molar refractivity (Wildman–Crippen MR) is 218 cm³/mol. The van der Waals surface area contributed by atoms with Crippen LogP contribution in [-0.2, 0) is 17.8 Å². The SMILES string of the molecule is C.Cc1cccc2cccc(N3CCc4c(N)nc(OC[C@@H]5CC(F)(F)CN5C)nc4C3)c12.S.S.[C-]#[N+]C[C@@H](C)N(CC)C(=O)/C=C/CN1CC(F)C1. The first-order valence-electron chi connectivity index (χ1n) is 17.1. The number of likely N-dealkylation sites (N-methyl/N-ethyl adjacent to an activating group) is 2. The van der Waals surface area contributed by atoms with Crippen molar-refractivity contribution in [2.45, 2.75) is 71.8 Å². The highest BCUT2D eigenvalue weighted by Crippen LogP contribution is 2.34. The molecule has 0 aliphatic carbocycles. The number of alkyl halides is 3. The second-order valence-corrected chi connectivity index (χ2v) is 13.4. The van der Waals surface area contributed by atoms with Crippen molar-refractivity contribution in [3.8, 4) is 6.01 Å². The van der Waals surface area contributed by atoms with Gasteiger partial charge in [-0.05, 0) is 51.3 Å². The molecule has 0 unspecified atom stereocenters. The number of carbonyl (C=O) groups excluding carboxylic acids is 1. The Morgan fingerprint density at radius 1 is 1.21 bits per heavy atom. The van der Waals surface area contributed by atoms with E-state index in [1.807, 2.05) is 18.7 Å². The molecule has 6 rings (SSSR count). The maximum Gasteiger partial charge on any atom is 0.318 e. The van der Waals surface area contributed by atoms with Gasteiger partial charge in [-0.2, -0.15) is 37.0 Å². The van der Waals surface area contributed by atoms with E-state index in [2.05, 4.69) is 63.0 Å². The maximum absolute atomic E-state index is 13.6. The lowest BCUT2D eigenvalue weighted by atomic mass is 10.00. The molecule has 4 heterocycles. The summed E-state index contributed by atoms with van der Waals surface area (Å²) < 4.78 is 45.6. The molecular weight excluding hydrogens is 722 g/mol. The number of carbonyl (C=O) groups is 1. The van der Waals surface area contributed by atoms with Gasteiger partial charge in [-0.15, -0.1) is 0 Å².